The van der Waals surface area contributed by atoms with E-state index in [1.165, 1.54) is 18.2 Å². The second-order valence-electron chi connectivity index (χ2n) is 3.55. The lowest BCUT2D eigenvalue weighted by atomic mass is 10.2. The molecule has 0 fully saturated rings. The van der Waals surface area contributed by atoms with Gasteiger partial charge in [0.15, 0.2) is 0 Å². The van der Waals surface area contributed by atoms with Gasteiger partial charge in [-0.15, -0.1) is 13.2 Å². The van der Waals surface area contributed by atoms with E-state index in [0.29, 0.717) is 16.6 Å². The summed E-state index contributed by atoms with van der Waals surface area (Å²) in [6.07, 6.45) is -4.70. The summed E-state index contributed by atoms with van der Waals surface area (Å²) in [7, 11) is 0. The predicted octanol–water partition coefficient (Wildman–Crippen LogP) is 4.97. The average Bonchev–Trinajstić information content (AvgIpc) is 2.23. The van der Waals surface area contributed by atoms with Crippen molar-refractivity contribution >= 4 is 42.8 Å². The van der Waals surface area contributed by atoms with Crippen molar-refractivity contribution in [3.63, 3.8) is 0 Å². The number of fused-ring (bicyclic) bond motifs is 1. The van der Waals surface area contributed by atoms with Gasteiger partial charge in [-0.05, 0) is 50.9 Å². The van der Waals surface area contributed by atoms with Crippen LogP contribution in [0.5, 0.6) is 5.75 Å². The van der Waals surface area contributed by atoms with Crippen LogP contribution in [0.2, 0.25) is 0 Å². The maximum atomic E-state index is 12.1. The van der Waals surface area contributed by atoms with Gasteiger partial charge in [0.05, 0.1) is 15.7 Å². The highest BCUT2D eigenvalue weighted by molar-refractivity contribution is 9.13. The number of benzene rings is 1. The first-order valence-corrected chi connectivity index (χ1v) is 6.37. The minimum Gasteiger partial charge on any atom is -0.406 e. The Labute approximate surface area is 117 Å². The highest BCUT2D eigenvalue weighted by Crippen LogP contribution is 2.34. The van der Waals surface area contributed by atoms with E-state index in [-0.39, 0.29) is 5.75 Å². The van der Waals surface area contributed by atoms with Crippen molar-refractivity contribution in [2.45, 2.75) is 13.3 Å². The summed E-state index contributed by atoms with van der Waals surface area (Å²) in [5.41, 5.74) is 1.11. The van der Waals surface area contributed by atoms with E-state index in [9.17, 15) is 13.2 Å². The third-order valence-corrected chi connectivity index (χ3v) is 4.56. The van der Waals surface area contributed by atoms with Crippen LogP contribution >= 0.6 is 31.9 Å². The molecule has 0 N–H and O–H groups in total. The molecular weight excluding hydrogens is 379 g/mol. The summed E-state index contributed by atoms with van der Waals surface area (Å²) < 4.78 is 41.7. The number of hydrogen-bond acceptors (Lipinski definition) is 2. The van der Waals surface area contributed by atoms with Crippen LogP contribution in [-0.4, -0.2) is 11.3 Å². The normalized spacial score (nSPS) is 11.9. The maximum absolute atomic E-state index is 12.1. The fraction of sp³-hybridized carbons (Fsp3) is 0.182. The molecule has 0 aliphatic heterocycles. The summed E-state index contributed by atoms with van der Waals surface area (Å²) in [4.78, 5) is 4.20. The van der Waals surface area contributed by atoms with Crippen LogP contribution in [0.3, 0.4) is 0 Å². The van der Waals surface area contributed by atoms with Crippen LogP contribution in [0.4, 0.5) is 13.2 Å². The molecule has 96 valence electrons. The number of halogens is 5. The van der Waals surface area contributed by atoms with Gasteiger partial charge in [-0.2, -0.15) is 0 Å². The topological polar surface area (TPSA) is 22.1 Å². The number of ether oxygens (including phenoxy) is 1. The monoisotopic (exact) mass is 383 g/mol. The zero-order chi connectivity index (χ0) is 13.5. The quantitative estimate of drug-likeness (QED) is 0.692. The highest BCUT2D eigenvalue weighted by Gasteiger charge is 2.31. The first-order chi connectivity index (χ1) is 8.28. The fourth-order valence-electron chi connectivity index (χ4n) is 1.49. The van der Waals surface area contributed by atoms with Gasteiger partial charge in [0, 0.05) is 15.9 Å². The fourth-order valence-corrected chi connectivity index (χ4v) is 2.42. The van der Waals surface area contributed by atoms with E-state index in [4.69, 9.17) is 0 Å². The Kier molecular flexibility index (Phi) is 3.55. The molecule has 0 radical (unpaired) electrons. The number of nitrogens with zero attached hydrogens (tertiary/aromatic N) is 1. The van der Waals surface area contributed by atoms with Crippen molar-refractivity contribution in [2.24, 2.45) is 0 Å². The second-order valence-corrected chi connectivity index (χ2v) is 5.14. The molecule has 2 rings (SSSR count). The SMILES string of the molecule is Cc1nc2cc(OC(F)(F)F)ccc2c(Br)c1Br. The second kappa shape index (κ2) is 4.70. The standard InChI is InChI=1S/C11H6Br2F3NO/c1-5-9(12)10(13)7-3-2-6(4-8(7)17-5)18-11(14,15)16/h2-4H,1H3. The molecule has 2 nitrogen and oxygen atoms in total. The van der Waals surface area contributed by atoms with Crippen molar-refractivity contribution in [3.05, 3.63) is 32.8 Å². The van der Waals surface area contributed by atoms with E-state index >= 15 is 0 Å². The van der Waals surface area contributed by atoms with Gasteiger partial charge >= 0.3 is 6.36 Å². The van der Waals surface area contributed by atoms with Crippen molar-refractivity contribution in [1.29, 1.82) is 0 Å². The van der Waals surface area contributed by atoms with Crippen LogP contribution in [0, 0.1) is 6.92 Å². The van der Waals surface area contributed by atoms with E-state index < -0.39 is 6.36 Å². The molecule has 0 spiro atoms. The molecule has 0 aliphatic rings. The Bertz CT molecular complexity index is 613. The number of hydrogen-bond donors (Lipinski definition) is 0. The Morgan fingerprint density at radius 3 is 2.44 bits per heavy atom. The molecule has 0 bridgehead atoms. The summed E-state index contributed by atoms with van der Waals surface area (Å²) in [5, 5.41) is 0.710. The lowest BCUT2D eigenvalue weighted by Gasteiger charge is -2.11. The van der Waals surface area contributed by atoms with Gasteiger partial charge in [-0.25, -0.2) is 0 Å². The summed E-state index contributed by atoms with van der Waals surface area (Å²) >= 11 is 6.71. The Morgan fingerprint density at radius 1 is 1.17 bits per heavy atom. The van der Waals surface area contributed by atoms with Gasteiger partial charge < -0.3 is 4.74 Å². The lowest BCUT2D eigenvalue weighted by Crippen LogP contribution is -2.17. The van der Waals surface area contributed by atoms with Crippen molar-refractivity contribution in [1.82, 2.24) is 4.98 Å². The van der Waals surface area contributed by atoms with Gasteiger partial charge in [-0.3, -0.25) is 4.98 Å². The highest BCUT2D eigenvalue weighted by atomic mass is 79.9. The molecule has 0 atom stereocenters. The predicted molar refractivity (Wildman–Crippen MR) is 68.6 cm³/mol. The first-order valence-electron chi connectivity index (χ1n) is 4.79. The minimum absolute atomic E-state index is 0.281. The number of pyridine rings is 1. The van der Waals surface area contributed by atoms with Crippen LogP contribution in [-0.2, 0) is 0 Å². The summed E-state index contributed by atoms with van der Waals surface area (Å²) in [6, 6.07) is 4.04. The van der Waals surface area contributed by atoms with Gasteiger partial charge in [-0.1, -0.05) is 0 Å². The number of aromatic nitrogens is 1. The Hall–Kier alpha value is -0.820. The van der Waals surface area contributed by atoms with Gasteiger partial charge in [0.25, 0.3) is 0 Å². The minimum atomic E-state index is -4.70. The molecule has 1 heterocycles. The molecule has 0 aliphatic carbocycles. The number of alkyl halides is 3. The van der Waals surface area contributed by atoms with Crippen LogP contribution in [0.15, 0.2) is 27.1 Å². The number of aryl methyl sites for hydroxylation is 1. The molecule has 0 saturated heterocycles. The molecule has 18 heavy (non-hydrogen) atoms. The van der Waals surface area contributed by atoms with E-state index in [1.807, 2.05) is 0 Å². The molecule has 2 aromatic rings. The van der Waals surface area contributed by atoms with Crippen LogP contribution in [0.1, 0.15) is 5.69 Å². The summed E-state index contributed by atoms with van der Waals surface area (Å²) in [5.74, 6) is -0.281. The van der Waals surface area contributed by atoms with Crippen molar-refractivity contribution in [3.8, 4) is 5.75 Å². The van der Waals surface area contributed by atoms with Gasteiger partial charge in [0.2, 0.25) is 0 Å². The van der Waals surface area contributed by atoms with Gasteiger partial charge in [0.1, 0.15) is 5.75 Å². The maximum Gasteiger partial charge on any atom is 0.573 e. The third kappa shape index (κ3) is 2.77. The largest absolute Gasteiger partial charge is 0.573 e. The molecule has 0 unspecified atom stereocenters. The molecule has 1 aromatic carbocycles. The molecule has 1 aromatic heterocycles. The first kappa shape index (κ1) is 13.6. The van der Waals surface area contributed by atoms with Crippen molar-refractivity contribution in [2.75, 3.05) is 0 Å². The number of rotatable bonds is 1. The van der Waals surface area contributed by atoms with E-state index in [2.05, 4.69) is 41.6 Å². The molecule has 0 saturated carbocycles. The Balaban J connectivity index is 2.56. The average molecular weight is 385 g/mol. The van der Waals surface area contributed by atoms with E-state index in [1.54, 1.807) is 6.92 Å². The van der Waals surface area contributed by atoms with Crippen LogP contribution in [0.25, 0.3) is 10.9 Å². The third-order valence-electron chi connectivity index (χ3n) is 2.24. The lowest BCUT2D eigenvalue weighted by molar-refractivity contribution is -0.274. The zero-order valence-corrected chi connectivity index (χ0v) is 12.1. The zero-order valence-electron chi connectivity index (χ0n) is 8.98. The van der Waals surface area contributed by atoms with E-state index in [0.717, 1.165) is 8.95 Å². The van der Waals surface area contributed by atoms with Crippen molar-refractivity contribution < 1.29 is 17.9 Å². The molecule has 0 amide bonds. The molecule has 7 heteroatoms. The smallest absolute Gasteiger partial charge is 0.406 e. The molecular formula is C11H6Br2F3NO. The Morgan fingerprint density at radius 2 is 1.83 bits per heavy atom. The summed E-state index contributed by atoms with van der Waals surface area (Å²) in [6.45, 7) is 1.76. The van der Waals surface area contributed by atoms with Crippen LogP contribution < -0.4 is 4.74 Å².